The number of piperidine rings is 2. The summed E-state index contributed by atoms with van der Waals surface area (Å²) >= 11 is 0. The lowest BCUT2D eigenvalue weighted by molar-refractivity contribution is -0.132. The molecule has 8 rings (SSSR count). The molecule has 1 spiro atoms. The van der Waals surface area contributed by atoms with E-state index in [2.05, 4.69) is 20.6 Å². The lowest BCUT2D eigenvalue weighted by Crippen LogP contribution is -2.69. The van der Waals surface area contributed by atoms with E-state index in [4.69, 9.17) is 4.74 Å². The van der Waals surface area contributed by atoms with Gasteiger partial charge in [0, 0.05) is 35.3 Å². The van der Waals surface area contributed by atoms with E-state index in [0.717, 1.165) is 42.7 Å². The predicted molar refractivity (Wildman–Crippen MR) is 135 cm³/mol. The fraction of sp³-hybridized carbons (Fsp3) is 0.464. The summed E-state index contributed by atoms with van der Waals surface area (Å²) in [4.78, 5) is 18.5. The normalized spacial score (nSPS) is 35.8. The van der Waals surface area contributed by atoms with Crippen molar-refractivity contribution in [2.24, 2.45) is 11.8 Å². The molecule has 6 atom stereocenters. The summed E-state index contributed by atoms with van der Waals surface area (Å²) in [7, 11) is -3.72. The molecule has 2 aromatic carbocycles. The van der Waals surface area contributed by atoms with Crippen molar-refractivity contribution < 1.29 is 17.9 Å². The number of carbonyl (C=O) groups excluding carboxylic acids is 1. The first-order chi connectivity index (χ1) is 17.4. The average Bonchev–Trinajstić information content (AvgIpc) is 3.32. The van der Waals surface area contributed by atoms with E-state index in [1.807, 2.05) is 37.3 Å². The van der Waals surface area contributed by atoms with Gasteiger partial charge in [-0.25, -0.2) is 8.42 Å². The van der Waals surface area contributed by atoms with Crippen LogP contribution in [-0.2, 0) is 25.0 Å². The Labute approximate surface area is 211 Å². The number of carbonyl (C=O) groups is 1. The van der Waals surface area contributed by atoms with Crippen LogP contribution < -0.4 is 9.62 Å². The van der Waals surface area contributed by atoms with Gasteiger partial charge in [0.1, 0.15) is 0 Å². The second-order valence-corrected chi connectivity index (χ2v) is 13.1. The van der Waals surface area contributed by atoms with Crippen LogP contribution in [0.1, 0.15) is 30.4 Å². The van der Waals surface area contributed by atoms with Crippen LogP contribution >= 0.6 is 0 Å². The maximum atomic E-state index is 13.6. The number of nitrogens with one attached hydrogen (secondary N) is 1. The van der Waals surface area contributed by atoms with E-state index in [-0.39, 0.29) is 34.3 Å². The Morgan fingerprint density at radius 3 is 2.81 bits per heavy atom. The van der Waals surface area contributed by atoms with Crippen molar-refractivity contribution >= 4 is 27.3 Å². The monoisotopic (exact) mass is 503 g/mol. The van der Waals surface area contributed by atoms with Crippen molar-refractivity contribution in [3.63, 3.8) is 0 Å². The molecular weight excluding hydrogens is 474 g/mol. The van der Waals surface area contributed by atoms with Gasteiger partial charge in [-0.2, -0.15) is 0 Å². The molecule has 1 saturated carbocycles. The molecule has 3 saturated heterocycles. The van der Waals surface area contributed by atoms with Crippen LogP contribution in [0.25, 0.3) is 0 Å². The molecular formula is C28H29N3O4S. The minimum atomic E-state index is -3.72. The van der Waals surface area contributed by atoms with E-state index >= 15 is 0 Å². The molecule has 4 fully saturated rings. The third-order valence-corrected chi connectivity index (χ3v) is 11.3. The minimum Gasteiger partial charge on any atom is -0.373 e. The highest BCUT2D eigenvalue weighted by atomic mass is 32.2. The second-order valence-electron chi connectivity index (χ2n) is 11.4. The number of amides is 1. The molecule has 1 N–H and O–H groups in total. The minimum absolute atomic E-state index is 0.0451. The molecule has 8 heteroatoms. The topological polar surface area (TPSA) is 79.0 Å². The number of rotatable bonds is 3. The molecule has 5 heterocycles. The van der Waals surface area contributed by atoms with E-state index in [1.54, 1.807) is 12.1 Å². The fourth-order valence-electron chi connectivity index (χ4n) is 8.54. The first-order valence-electron chi connectivity index (χ1n) is 13.0. The van der Waals surface area contributed by atoms with Gasteiger partial charge in [-0.1, -0.05) is 29.3 Å². The molecule has 1 aliphatic carbocycles. The third kappa shape index (κ3) is 2.60. The Balaban J connectivity index is 1.26. The molecule has 6 aliphatic rings. The van der Waals surface area contributed by atoms with Gasteiger partial charge in [0.25, 0.3) is 10.0 Å². The molecule has 1 amide bonds. The molecule has 2 bridgehead atoms. The Morgan fingerprint density at radius 1 is 1.14 bits per heavy atom. The van der Waals surface area contributed by atoms with Crippen LogP contribution in [0.15, 0.2) is 59.0 Å². The Bertz CT molecular complexity index is 1450. The van der Waals surface area contributed by atoms with Gasteiger partial charge in [0.2, 0.25) is 5.91 Å². The Morgan fingerprint density at radius 2 is 1.97 bits per heavy atom. The number of hydrogen-bond acceptors (Lipinski definition) is 5. The third-order valence-electron chi connectivity index (χ3n) is 9.89. The zero-order chi connectivity index (χ0) is 24.4. The van der Waals surface area contributed by atoms with Crippen molar-refractivity contribution in [3.05, 3.63) is 65.2 Å². The van der Waals surface area contributed by atoms with E-state index in [1.165, 1.54) is 5.57 Å². The Kier molecular flexibility index (Phi) is 4.16. The second kappa shape index (κ2) is 7.00. The highest BCUT2D eigenvalue weighted by molar-refractivity contribution is 7.92. The number of anilines is 2. The predicted octanol–water partition coefficient (Wildman–Crippen LogP) is 3.20. The average molecular weight is 504 g/mol. The van der Waals surface area contributed by atoms with Gasteiger partial charge < -0.3 is 9.64 Å². The molecule has 7 nitrogen and oxygen atoms in total. The summed E-state index contributed by atoms with van der Waals surface area (Å²) in [6.45, 7) is 4.52. The fourth-order valence-corrected chi connectivity index (χ4v) is 9.59. The summed E-state index contributed by atoms with van der Waals surface area (Å²) < 4.78 is 35.5. The number of benzene rings is 2. The summed E-state index contributed by atoms with van der Waals surface area (Å²) in [5.41, 5.74) is 4.97. The first-order valence-corrected chi connectivity index (χ1v) is 14.5. The quantitative estimate of drug-likeness (QED) is 0.651. The number of aryl methyl sites for hydroxylation is 1. The number of hydrogen-bond donors (Lipinski definition) is 1. The number of sulfonamides is 1. The van der Waals surface area contributed by atoms with Gasteiger partial charge in [-0.05, 0) is 68.1 Å². The van der Waals surface area contributed by atoms with Crippen molar-refractivity contribution in [2.45, 2.75) is 54.7 Å². The SMILES string of the molecule is Cc1ccc(S(=O)(=O)Nc2ccc3c(c2)[C@@]24CCN5CC6=CCO[C@H]7CC(=O)N3[C@H]2[C@H]7[C@H]6C[C@H]54)cc1. The number of fused-ring (bicyclic) bond motifs is 2. The van der Waals surface area contributed by atoms with Gasteiger partial charge in [0.15, 0.2) is 0 Å². The lowest BCUT2D eigenvalue weighted by Gasteiger charge is -2.58. The summed E-state index contributed by atoms with van der Waals surface area (Å²) in [6, 6.07) is 13.1. The smallest absolute Gasteiger partial charge is 0.261 e. The van der Waals surface area contributed by atoms with Crippen LogP contribution in [0.3, 0.4) is 0 Å². The molecule has 5 aliphatic heterocycles. The molecule has 36 heavy (non-hydrogen) atoms. The molecule has 0 radical (unpaired) electrons. The van der Waals surface area contributed by atoms with Crippen molar-refractivity contribution in [3.8, 4) is 0 Å². The maximum Gasteiger partial charge on any atom is 0.261 e. The highest BCUT2D eigenvalue weighted by Crippen LogP contribution is 2.66. The molecule has 0 aromatic heterocycles. The van der Waals surface area contributed by atoms with Crippen LogP contribution in [-0.4, -0.2) is 57.1 Å². The highest BCUT2D eigenvalue weighted by Gasteiger charge is 2.71. The zero-order valence-corrected chi connectivity index (χ0v) is 21.0. The number of ether oxygens (including phenoxy) is 1. The standard InChI is InChI=1S/C28H29N3O4S/c1-16-2-5-19(6-3-16)36(33,34)29-18-4-7-22-21(12-18)28-9-10-30-15-17-8-11-35-23-14-25(32)31(22)27(28)26(23)20(17)13-24(28)30/h2-8,12,20,23-24,26-27,29H,9-11,13-15H2,1H3/t20-,23-,24-,26-,27-,28+/m0/s1. The van der Waals surface area contributed by atoms with Gasteiger partial charge in [-0.15, -0.1) is 0 Å². The summed E-state index contributed by atoms with van der Waals surface area (Å²) in [5.74, 6) is 0.877. The van der Waals surface area contributed by atoms with E-state index < -0.39 is 10.0 Å². The number of nitrogens with zero attached hydrogens (tertiary/aromatic N) is 2. The van der Waals surface area contributed by atoms with Crippen LogP contribution in [0, 0.1) is 18.8 Å². The first kappa shape index (κ1) is 21.4. The Hall–Kier alpha value is -2.68. The van der Waals surface area contributed by atoms with E-state index in [9.17, 15) is 13.2 Å². The van der Waals surface area contributed by atoms with Crippen LogP contribution in [0.5, 0.6) is 0 Å². The van der Waals surface area contributed by atoms with Gasteiger partial charge in [-0.3, -0.25) is 14.4 Å². The molecule has 186 valence electrons. The van der Waals surface area contributed by atoms with Crippen LogP contribution in [0.2, 0.25) is 0 Å². The van der Waals surface area contributed by atoms with Gasteiger partial charge >= 0.3 is 0 Å². The van der Waals surface area contributed by atoms with Gasteiger partial charge in [0.05, 0.1) is 30.1 Å². The van der Waals surface area contributed by atoms with Crippen molar-refractivity contribution in [2.75, 3.05) is 29.3 Å². The lowest BCUT2D eigenvalue weighted by atomic mass is 9.53. The zero-order valence-electron chi connectivity index (χ0n) is 20.2. The molecule has 2 aromatic rings. The van der Waals surface area contributed by atoms with Crippen molar-refractivity contribution in [1.82, 2.24) is 4.90 Å². The van der Waals surface area contributed by atoms with Crippen LogP contribution in [0.4, 0.5) is 11.4 Å². The molecule has 0 unspecified atom stereocenters. The largest absolute Gasteiger partial charge is 0.373 e. The van der Waals surface area contributed by atoms with E-state index in [0.29, 0.717) is 30.7 Å². The maximum absolute atomic E-state index is 13.6. The summed E-state index contributed by atoms with van der Waals surface area (Å²) in [6.07, 6.45) is 4.73. The summed E-state index contributed by atoms with van der Waals surface area (Å²) in [5, 5.41) is 0. The van der Waals surface area contributed by atoms with Crippen molar-refractivity contribution in [1.29, 1.82) is 0 Å².